The highest BCUT2D eigenvalue weighted by Crippen LogP contribution is 2.74. The predicted octanol–water partition coefficient (Wildman–Crippen LogP) is 7.36. The number of carbonyl (C=O) groups is 2. The summed E-state index contributed by atoms with van der Waals surface area (Å²) in [4.78, 5) is 25.7. The standard InChI is InChI=1S/C33H47NO3/c1-20(2)37-27-21(3)22-9-10-26-31(6,23(22)19-24(27)35)16-18-32(7)25-11-12-30(5,28(34)36)14-13-29(25,4)15-17-33(26,32)8/h9-10,19-20,25H,11-18H2,1-8H3,(H2,34,36)/t25-,29+,30-,31-,32-,33+/m0/s1. The van der Waals surface area contributed by atoms with Crippen molar-refractivity contribution < 1.29 is 14.3 Å². The third-order valence-corrected chi connectivity index (χ3v) is 12.1. The summed E-state index contributed by atoms with van der Waals surface area (Å²) in [6.45, 7) is 18.0. The molecule has 0 saturated heterocycles. The third-order valence-electron chi connectivity index (χ3n) is 12.1. The van der Waals surface area contributed by atoms with Crippen LogP contribution >= 0.6 is 0 Å². The van der Waals surface area contributed by atoms with Crippen molar-refractivity contribution in [1.29, 1.82) is 0 Å². The molecule has 5 rings (SSSR count). The first-order valence-electron chi connectivity index (χ1n) is 14.5. The number of allylic oxidation sites excluding steroid dienone is 7. The van der Waals surface area contributed by atoms with Crippen molar-refractivity contribution in [3.05, 3.63) is 46.3 Å². The minimum atomic E-state index is -0.398. The van der Waals surface area contributed by atoms with Crippen molar-refractivity contribution in [2.75, 3.05) is 0 Å². The maximum Gasteiger partial charge on any atom is 0.223 e. The van der Waals surface area contributed by atoms with Crippen molar-refractivity contribution in [3.8, 4) is 0 Å². The van der Waals surface area contributed by atoms with E-state index in [2.05, 4.69) is 46.8 Å². The van der Waals surface area contributed by atoms with Gasteiger partial charge in [-0.05, 0) is 112 Å². The predicted molar refractivity (Wildman–Crippen MR) is 148 cm³/mol. The zero-order valence-electron chi connectivity index (χ0n) is 24.3. The van der Waals surface area contributed by atoms with Gasteiger partial charge in [0.05, 0.1) is 6.10 Å². The molecule has 0 aromatic heterocycles. The minimum absolute atomic E-state index is 0.00466. The number of fused-ring (bicyclic) bond motifs is 7. The van der Waals surface area contributed by atoms with Gasteiger partial charge in [0, 0.05) is 16.4 Å². The van der Waals surface area contributed by atoms with Crippen molar-refractivity contribution in [2.45, 2.75) is 113 Å². The zero-order chi connectivity index (χ0) is 27.2. The number of rotatable bonds is 3. The number of amides is 1. The Balaban J connectivity index is 1.58. The number of primary amides is 1. The van der Waals surface area contributed by atoms with Gasteiger partial charge in [-0.15, -0.1) is 0 Å². The molecule has 202 valence electrons. The maximum absolute atomic E-state index is 13.3. The lowest BCUT2D eigenvalue weighted by Crippen LogP contribution is -2.59. The summed E-state index contributed by atoms with van der Waals surface area (Å²) in [6.07, 6.45) is 14.9. The van der Waals surface area contributed by atoms with Gasteiger partial charge < -0.3 is 10.5 Å². The average Bonchev–Trinajstić information content (AvgIpc) is 2.96. The van der Waals surface area contributed by atoms with E-state index < -0.39 is 5.41 Å². The molecule has 5 aliphatic rings. The molecular weight excluding hydrogens is 458 g/mol. The second kappa shape index (κ2) is 8.20. The van der Waals surface area contributed by atoms with E-state index in [9.17, 15) is 9.59 Å². The van der Waals surface area contributed by atoms with Crippen LogP contribution in [0.3, 0.4) is 0 Å². The van der Waals surface area contributed by atoms with Gasteiger partial charge in [-0.1, -0.05) is 52.3 Å². The van der Waals surface area contributed by atoms with Crippen LogP contribution < -0.4 is 5.73 Å². The number of nitrogens with two attached hydrogens (primary N) is 1. The van der Waals surface area contributed by atoms with E-state index in [1.54, 1.807) is 0 Å². The normalized spacial score (nSPS) is 43.4. The van der Waals surface area contributed by atoms with Gasteiger partial charge in [0.1, 0.15) is 0 Å². The summed E-state index contributed by atoms with van der Waals surface area (Å²) in [5, 5.41) is 0. The second-order valence-electron chi connectivity index (χ2n) is 14.5. The van der Waals surface area contributed by atoms with Gasteiger partial charge >= 0.3 is 0 Å². The Morgan fingerprint density at radius 3 is 2.30 bits per heavy atom. The molecule has 37 heavy (non-hydrogen) atoms. The van der Waals surface area contributed by atoms with E-state index in [0.29, 0.717) is 11.7 Å². The van der Waals surface area contributed by atoms with Crippen LogP contribution in [0.15, 0.2) is 46.3 Å². The van der Waals surface area contributed by atoms with Crippen LogP contribution in [0.2, 0.25) is 0 Å². The van der Waals surface area contributed by atoms with Gasteiger partial charge in [-0.25, -0.2) is 0 Å². The molecule has 0 unspecified atom stereocenters. The van der Waals surface area contributed by atoms with E-state index in [1.807, 2.05) is 26.8 Å². The van der Waals surface area contributed by atoms with Gasteiger partial charge in [-0.2, -0.15) is 0 Å². The van der Waals surface area contributed by atoms with Crippen LogP contribution in [0.1, 0.15) is 107 Å². The van der Waals surface area contributed by atoms with Crippen LogP contribution in [0.4, 0.5) is 0 Å². The lowest BCUT2D eigenvalue weighted by atomic mass is 9.36. The van der Waals surface area contributed by atoms with Crippen LogP contribution in [0.25, 0.3) is 0 Å². The molecule has 0 heterocycles. The Morgan fingerprint density at radius 1 is 0.973 bits per heavy atom. The lowest BCUT2D eigenvalue weighted by Gasteiger charge is -2.68. The molecule has 1 amide bonds. The van der Waals surface area contributed by atoms with Crippen LogP contribution in [-0.4, -0.2) is 17.8 Å². The van der Waals surface area contributed by atoms with E-state index >= 15 is 0 Å². The summed E-state index contributed by atoms with van der Waals surface area (Å²) in [7, 11) is 0. The fraction of sp³-hybridized carbons (Fsp3) is 0.697. The summed E-state index contributed by atoms with van der Waals surface area (Å²) in [6, 6.07) is 0. The molecule has 3 saturated carbocycles. The van der Waals surface area contributed by atoms with Gasteiger partial charge in [0.15, 0.2) is 5.76 Å². The van der Waals surface area contributed by atoms with E-state index in [1.165, 1.54) is 23.1 Å². The molecular formula is C33H47NO3. The number of hydrogen-bond donors (Lipinski definition) is 1. The molecule has 3 fully saturated rings. The fourth-order valence-electron chi connectivity index (χ4n) is 9.31. The quantitative estimate of drug-likeness (QED) is 0.436. The first-order valence-corrected chi connectivity index (χ1v) is 14.5. The number of ketones is 1. The lowest BCUT2D eigenvalue weighted by molar-refractivity contribution is -0.128. The van der Waals surface area contributed by atoms with E-state index in [4.69, 9.17) is 10.5 Å². The highest BCUT2D eigenvalue weighted by atomic mass is 16.5. The molecule has 5 aliphatic carbocycles. The van der Waals surface area contributed by atoms with Crippen LogP contribution in [-0.2, 0) is 14.3 Å². The zero-order valence-corrected chi connectivity index (χ0v) is 24.3. The minimum Gasteiger partial charge on any atom is -0.487 e. The first kappa shape index (κ1) is 26.5. The van der Waals surface area contributed by atoms with Gasteiger partial charge in [0.25, 0.3) is 0 Å². The highest BCUT2D eigenvalue weighted by Gasteiger charge is 2.65. The van der Waals surface area contributed by atoms with E-state index in [-0.39, 0.29) is 39.5 Å². The van der Waals surface area contributed by atoms with Crippen molar-refractivity contribution >= 4 is 11.7 Å². The first-order chi connectivity index (χ1) is 17.1. The Bertz CT molecular complexity index is 1190. The monoisotopic (exact) mass is 505 g/mol. The fourth-order valence-corrected chi connectivity index (χ4v) is 9.31. The van der Waals surface area contributed by atoms with Crippen LogP contribution in [0, 0.1) is 33.0 Å². The smallest absolute Gasteiger partial charge is 0.223 e. The average molecular weight is 506 g/mol. The molecule has 0 radical (unpaired) electrons. The van der Waals surface area contributed by atoms with Gasteiger partial charge in [-0.3, -0.25) is 9.59 Å². The SMILES string of the molecule is CC1=C(OC(C)C)C(=O)C=C2C1=CC=C1[C@@]2(C)CC[C@@]2(C)[C@H]3CC[C@](C)(C(N)=O)CC[C@]3(C)CC[C@]12C. The van der Waals surface area contributed by atoms with E-state index in [0.717, 1.165) is 50.5 Å². The molecule has 0 spiro atoms. The molecule has 0 aromatic rings. The molecule has 0 bridgehead atoms. The second-order valence-corrected chi connectivity index (χ2v) is 14.5. The third kappa shape index (κ3) is 3.53. The Kier molecular flexibility index (Phi) is 5.87. The number of ether oxygens (including phenoxy) is 1. The molecule has 4 nitrogen and oxygen atoms in total. The number of carbonyl (C=O) groups excluding carboxylic acids is 2. The summed E-state index contributed by atoms with van der Waals surface area (Å²) in [5.74, 6) is 0.918. The summed E-state index contributed by atoms with van der Waals surface area (Å²) >= 11 is 0. The van der Waals surface area contributed by atoms with Crippen molar-refractivity contribution in [2.24, 2.45) is 38.7 Å². The van der Waals surface area contributed by atoms with Gasteiger partial charge in [0.2, 0.25) is 11.7 Å². The summed E-state index contributed by atoms with van der Waals surface area (Å²) in [5.41, 5.74) is 10.6. The largest absolute Gasteiger partial charge is 0.487 e. The topological polar surface area (TPSA) is 69.4 Å². The highest BCUT2D eigenvalue weighted by molar-refractivity contribution is 6.07. The molecule has 2 N–H and O–H groups in total. The Morgan fingerprint density at radius 2 is 1.65 bits per heavy atom. The summed E-state index contributed by atoms with van der Waals surface area (Å²) < 4.78 is 5.96. The molecule has 0 aliphatic heterocycles. The molecule has 0 aromatic carbocycles. The Hall–Kier alpha value is -2.10. The molecule has 6 atom stereocenters. The Labute approximate surface area is 223 Å². The molecule has 4 heteroatoms. The van der Waals surface area contributed by atoms with Crippen molar-refractivity contribution in [1.82, 2.24) is 0 Å². The number of hydrogen-bond acceptors (Lipinski definition) is 3. The van der Waals surface area contributed by atoms with Crippen LogP contribution in [0.5, 0.6) is 0 Å². The maximum atomic E-state index is 13.3. The van der Waals surface area contributed by atoms with Crippen molar-refractivity contribution in [3.63, 3.8) is 0 Å².